The minimum Gasteiger partial charge on any atom is -0.465 e. The Labute approximate surface area is 112 Å². The smallest absolute Gasteiger partial charge is 0.327 e. The van der Waals surface area contributed by atoms with Crippen LogP contribution in [0.25, 0.3) is 0 Å². The van der Waals surface area contributed by atoms with Gasteiger partial charge < -0.3 is 10.5 Å². The van der Waals surface area contributed by atoms with Gasteiger partial charge in [0.2, 0.25) is 0 Å². The van der Waals surface area contributed by atoms with Gasteiger partial charge in [0.05, 0.1) is 12.3 Å². The van der Waals surface area contributed by atoms with Crippen molar-refractivity contribution in [2.75, 3.05) is 12.3 Å². The summed E-state index contributed by atoms with van der Waals surface area (Å²) in [6.07, 6.45) is 0.700. The number of anilines is 1. The second kappa shape index (κ2) is 5.61. The molecule has 1 rings (SSSR count). The van der Waals surface area contributed by atoms with E-state index in [1.54, 1.807) is 6.92 Å². The summed E-state index contributed by atoms with van der Waals surface area (Å²) < 4.78 is 6.24. The first kappa shape index (κ1) is 14.8. The van der Waals surface area contributed by atoms with Crippen LogP contribution in [0.3, 0.4) is 0 Å². The largest absolute Gasteiger partial charge is 0.465 e. The molecule has 18 heavy (non-hydrogen) atoms. The second-order valence-electron chi connectivity index (χ2n) is 5.35. The molecule has 5 nitrogen and oxygen atoms in total. The van der Waals surface area contributed by atoms with Crippen molar-refractivity contribution in [2.24, 2.45) is 5.41 Å². The summed E-state index contributed by atoms with van der Waals surface area (Å²) in [6, 6.07) is 0. The Morgan fingerprint density at radius 3 is 2.61 bits per heavy atom. The van der Waals surface area contributed by atoms with E-state index < -0.39 is 0 Å². The van der Waals surface area contributed by atoms with Gasteiger partial charge in [-0.15, -0.1) is 0 Å². The van der Waals surface area contributed by atoms with Gasteiger partial charge in [-0.3, -0.25) is 4.79 Å². The molecule has 0 radical (unpaired) electrons. The molecule has 102 valence electrons. The van der Waals surface area contributed by atoms with Gasteiger partial charge in [0.25, 0.3) is 0 Å². The Morgan fingerprint density at radius 1 is 1.50 bits per heavy atom. The molecular weight excluding hydrogens is 254 g/mol. The molecule has 0 aromatic carbocycles. The number of hydrogen-bond donors (Lipinski definition) is 1. The number of rotatable bonds is 4. The highest BCUT2D eigenvalue weighted by Gasteiger charge is 2.21. The van der Waals surface area contributed by atoms with Crippen molar-refractivity contribution in [1.29, 1.82) is 0 Å². The average molecular weight is 274 g/mol. The van der Waals surface area contributed by atoms with Crippen LogP contribution in [0.4, 0.5) is 5.82 Å². The molecule has 0 saturated heterocycles. The number of ether oxygens (including phenoxy) is 1. The van der Waals surface area contributed by atoms with E-state index in [0.717, 1.165) is 0 Å². The zero-order valence-corrected chi connectivity index (χ0v) is 12.0. The van der Waals surface area contributed by atoms with E-state index >= 15 is 0 Å². The number of hydrogen-bond acceptors (Lipinski definition) is 4. The first-order valence-corrected chi connectivity index (χ1v) is 6.28. The highest BCUT2D eigenvalue weighted by molar-refractivity contribution is 6.33. The summed E-state index contributed by atoms with van der Waals surface area (Å²) >= 11 is 6.12. The maximum atomic E-state index is 11.4. The quantitative estimate of drug-likeness (QED) is 0.855. The predicted octanol–water partition coefficient (Wildman–Crippen LogP) is 2.27. The van der Waals surface area contributed by atoms with E-state index in [4.69, 9.17) is 22.1 Å². The van der Waals surface area contributed by atoms with Crippen molar-refractivity contribution in [3.05, 3.63) is 10.7 Å². The maximum absolute atomic E-state index is 11.4. The number of halogens is 1. The van der Waals surface area contributed by atoms with Gasteiger partial charge in [-0.1, -0.05) is 32.4 Å². The fourth-order valence-electron chi connectivity index (χ4n) is 1.57. The molecule has 2 N–H and O–H groups in total. The van der Waals surface area contributed by atoms with E-state index in [1.165, 1.54) is 4.68 Å². The molecule has 0 aliphatic heterocycles. The van der Waals surface area contributed by atoms with Crippen LogP contribution in [0.5, 0.6) is 0 Å². The van der Waals surface area contributed by atoms with Crippen molar-refractivity contribution in [2.45, 2.75) is 40.7 Å². The Balaban J connectivity index is 2.89. The van der Waals surface area contributed by atoms with Gasteiger partial charge >= 0.3 is 5.97 Å². The normalized spacial score (nSPS) is 11.6. The summed E-state index contributed by atoms with van der Waals surface area (Å²) in [6.45, 7) is 8.34. The molecule has 0 spiro atoms. The van der Waals surface area contributed by atoms with Gasteiger partial charge in [-0.2, -0.15) is 5.10 Å². The van der Waals surface area contributed by atoms with E-state index in [2.05, 4.69) is 25.9 Å². The lowest BCUT2D eigenvalue weighted by molar-refractivity contribution is -0.144. The standard InChI is InChI=1S/C12H20ClN3O2/c1-5-18-9(17)7-16-11(14)10(13)8(15-16)6-12(2,3)4/h5-7,14H2,1-4H3. The number of aromatic nitrogens is 2. The predicted molar refractivity (Wildman–Crippen MR) is 71.4 cm³/mol. The topological polar surface area (TPSA) is 70.1 Å². The minimum absolute atomic E-state index is 0.0104. The third kappa shape index (κ3) is 3.91. The van der Waals surface area contributed by atoms with Crippen LogP contribution < -0.4 is 5.73 Å². The number of nitrogens with zero attached hydrogens (tertiary/aromatic N) is 2. The molecule has 0 saturated carbocycles. The number of esters is 1. The highest BCUT2D eigenvalue weighted by atomic mass is 35.5. The summed E-state index contributed by atoms with van der Waals surface area (Å²) in [5.41, 5.74) is 6.60. The maximum Gasteiger partial charge on any atom is 0.327 e. The van der Waals surface area contributed by atoms with Crippen molar-refractivity contribution in [3.8, 4) is 0 Å². The van der Waals surface area contributed by atoms with E-state index in [0.29, 0.717) is 29.6 Å². The second-order valence-corrected chi connectivity index (χ2v) is 5.72. The van der Waals surface area contributed by atoms with Crippen LogP contribution in [-0.2, 0) is 22.5 Å². The van der Waals surface area contributed by atoms with Crippen LogP contribution in [0.15, 0.2) is 0 Å². The lowest BCUT2D eigenvalue weighted by atomic mass is 9.91. The first-order valence-electron chi connectivity index (χ1n) is 5.91. The highest BCUT2D eigenvalue weighted by Crippen LogP contribution is 2.29. The fraction of sp³-hybridized carbons (Fsp3) is 0.667. The third-order valence-corrected chi connectivity index (χ3v) is 2.69. The number of carbonyl (C=O) groups is 1. The van der Waals surface area contributed by atoms with E-state index in [-0.39, 0.29) is 17.9 Å². The van der Waals surface area contributed by atoms with E-state index in [1.807, 2.05) is 0 Å². The summed E-state index contributed by atoms with van der Waals surface area (Å²) in [7, 11) is 0. The van der Waals surface area contributed by atoms with Crippen LogP contribution >= 0.6 is 11.6 Å². The molecular formula is C12H20ClN3O2. The molecule has 0 amide bonds. The number of carbonyl (C=O) groups excluding carboxylic acids is 1. The number of nitrogen functional groups attached to an aromatic ring is 1. The van der Waals surface area contributed by atoms with Gasteiger partial charge in [-0.25, -0.2) is 4.68 Å². The van der Waals surface area contributed by atoms with Gasteiger partial charge in [0, 0.05) is 0 Å². The minimum atomic E-state index is -0.370. The fourth-order valence-corrected chi connectivity index (χ4v) is 1.77. The van der Waals surface area contributed by atoms with Crippen LogP contribution in [0.2, 0.25) is 5.02 Å². The Morgan fingerprint density at radius 2 is 2.11 bits per heavy atom. The molecule has 1 heterocycles. The molecule has 1 aromatic heterocycles. The molecule has 0 atom stereocenters. The van der Waals surface area contributed by atoms with Crippen molar-refractivity contribution in [1.82, 2.24) is 9.78 Å². The lowest BCUT2D eigenvalue weighted by Crippen LogP contribution is -2.16. The zero-order valence-electron chi connectivity index (χ0n) is 11.3. The van der Waals surface area contributed by atoms with Crippen LogP contribution in [-0.4, -0.2) is 22.4 Å². The summed E-state index contributed by atoms with van der Waals surface area (Å²) in [5.74, 6) is -0.0605. The lowest BCUT2D eigenvalue weighted by Gasteiger charge is -2.16. The summed E-state index contributed by atoms with van der Waals surface area (Å²) in [4.78, 5) is 11.4. The van der Waals surface area contributed by atoms with Crippen molar-refractivity contribution >= 4 is 23.4 Å². The Hall–Kier alpha value is -1.23. The molecule has 0 aliphatic carbocycles. The van der Waals surface area contributed by atoms with Gasteiger partial charge in [0.15, 0.2) is 0 Å². The Bertz CT molecular complexity index is 435. The van der Waals surface area contributed by atoms with E-state index in [9.17, 15) is 4.79 Å². The number of nitrogens with two attached hydrogens (primary N) is 1. The van der Waals surface area contributed by atoms with Crippen molar-refractivity contribution in [3.63, 3.8) is 0 Å². The van der Waals surface area contributed by atoms with Crippen LogP contribution in [0.1, 0.15) is 33.4 Å². The Kier molecular flexibility index (Phi) is 4.62. The van der Waals surface area contributed by atoms with Crippen molar-refractivity contribution < 1.29 is 9.53 Å². The molecule has 1 aromatic rings. The molecule has 0 fully saturated rings. The molecule has 0 bridgehead atoms. The molecule has 6 heteroatoms. The monoisotopic (exact) mass is 273 g/mol. The van der Waals surface area contributed by atoms with Gasteiger partial charge in [-0.05, 0) is 18.8 Å². The average Bonchev–Trinajstić information content (AvgIpc) is 2.45. The third-order valence-electron chi connectivity index (χ3n) is 2.28. The van der Waals surface area contributed by atoms with Gasteiger partial charge in [0.1, 0.15) is 17.4 Å². The van der Waals surface area contributed by atoms with Crippen LogP contribution in [0, 0.1) is 5.41 Å². The zero-order chi connectivity index (χ0) is 13.9. The molecule has 0 unspecified atom stereocenters. The molecule has 0 aliphatic rings. The summed E-state index contributed by atoms with van der Waals surface area (Å²) in [5, 5.41) is 4.70. The SMILES string of the molecule is CCOC(=O)Cn1nc(CC(C)(C)C)c(Cl)c1N. The first-order chi connectivity index (χ1) is 8.24.